The van der Waals surface area contributed by atoms with Gasteiger partial charge in [0, 0.05) is 11.5 Å². The molecule has 8 nitrogen and oxygen atoms in total. The molecule has 3 aromatic carbocycles. The maximum Gasteiger partial charge on any atom is 0.273 e. The van der Waals surface area contributed by atoms with Crippen molar-refractivity contribution in [2.75, 3.05) is 12.0 Å². The van der Waals surface area contributed by atoms with Crippen LogP contribution in [0.2, 0.25) is 0 Å². The Hall–Kier alpha value is -4.33. The fourth-order valence-corrected chi connectivity index (χ4v) is 6.67. The van der Waals surface area contributed by atoms with Crippen LogP contribution in [0.15, 0.2) is 66.7 Å². The molecule has 1 saturated heterocycles. The topological polar surface area (TPSA) is 107 Å². The number of ether oxygens (including phenoxy) is 1. The number of anilines is 1. The maximum atomic E-state index is 14.1. The Morgan fingerprint density at radius 2 is 1.46 bits per heavy atom. The molecule has 7 rings (SSSR count). The average molecular weight is 468 g/mol. The first-order valence-electron chi connectivity index (χ1n) is 11.2. The largest absolute Gasteiger partial charge is 0.494 e. The van der Waals surface area contributed by atoms with Crippen molar-refractivity contribution in [1.82, 2.24) is 0 Å². The number of methoxy groups -OCH3 is 1. The quantitative estimate of drug-likeness (QED) is 0.251. The number of aldehydes is 1. The predicted octanol–water partition coefficient (Wildman–Crippen LogP) is 3.53. The van der Waals surface area contributed by atoms with Gasteiger partial charge in [0.2, 0.25) is 11.8 Å². The predicted molar refractivity (Wildman–Crippen MR) is 125 cm³/mol. The molecular weight excluding hydrogens is 448 g/mol. The first kappa shape index (κ1) is 21.2. The van der Waals surface area contributed by atoms with Gasteiger partial charge in [-0.25, -0.2) is 4.90 Å². The molecule has 4 aliphatic rings. The summed E-state index contributed by atoms with van der Waals surface area (Å²) in [5.41, 5.74) is 0.894. The summed E-state index contributed by atoms with van der Waals surface area (Å²) in [5, 5.41) is 11.3. The van der Waals surface area contributed by atoms with Crippen LogP contribution in [0.25, 0.3) is 0 Å². The lowest BCUT2D eigenvalue weighted by atomic mass is 9.42. The van der Waals surface area contributed by atoms with Gasteiger partial charge in [-0.1, -0.05) is 55.5 Å². The molecule has 3 aromatic rings. The third-order valence-corrected chi connectivity index (χ3v) is 8.08. The third-order valence-electron chi connectivity index (χ3n) is 8.08. The maximum absolute atomic E-state index is 14.1. The van der Waals surface area contributed by atoms with Crippen LogP contribution in [0.4, 0.5) is 11.4 Å². The summed E-state index contributed by atoms with van der Waals surface area (Å²) in [6.45, 7) is 1.96. The number of amides is 2. The van der Waals surface area contributed by atoms with Crippen LogP contribution >= 0.6 is 0 Å². The zero-order valence-corrected chi connectivity index (χ0v) is 18.9. The van der Waals surface area contributed by atoms with E-state index in [1.807, 2.05) is 55.5 Å². The summed E-state index contributed by atoms with van der Waals surface area (Å²) in [5.74, 6) is -2.72. The number of benzene rings is 3. The fourth-order valence-electron chi connectivity index (χ4n) is 6.67. The molecule has 174 valence electrons. The van der Waals surface area contributed by atoms with E-state index in [-0.39, 0.29) is 17.1 Å². The van der Waals surface area contributed by atoms with Crippen LogP contribution in [0, 0.1) is 22.0 Å². The second-order valence-corrected chi connectivity index (χ2v) is 9.36. The number of non-ortho nitro benzene ring substituents is 1. The van der Waals surface area contributed by atoms with Crippen LogP contribution in [0.3, 0.4) is 0 Å². The van der Waals surface area contributed by atoms with Crippen molar-refractivity contribution in [1.29, 1.82) is 0 Å². The molecule has 1 aliphatic heterocycles. The minimum atomic E-state index is -1.33. The number of nitrogens with zero attached hydrogens (tertiary/aromatic N) is 2. The van der Waals surface area contributed by atoms with E-state index in [0.717, 1.165) is 33.4 Å². The van der Waals surface area contributed by atoms with Crippen molar-refractivity contribution >= 4 is 29.5 Å². The lowest BCUT2D eigenvalue weighted by Gasteiger charge is -2.56. The first-order chi connectivity index (χ1) is 16.8. The van der Waals surface area contributed by atoms with Gasteiger partial charge in [-0.2, -0.15) is 0 Å². The van der Waals surface area contributed by atoms with Gasteiger partial charge in [-0.15, -0.1) is 0 Å². The molecule has 2 bridgehead atoms. The van der Waals surface area contributed by atoms with Gasteiger partial charge in [0.15, 0.2) is 0 Å². The zero-order chi connectivity index (χ0) is 24.7. The van der Waals surface area contributed by atoms with Crippen LogP contribution in [0.1, 0.15) is 29.2 Å². The van der Waals surface area contributed by atoms with Crippen LogP contribution in [0.5, 0.6) is 5.75 Å². The number of carbonyl (C=O) groups excluding carboxylic acids is 3. The number of hydrogen-bond donors (Lipinski definition) is 0. The highest BCUT2D eigenvalue weighted by atomic mass is 16.6. The number of nitro benzene ring substituents is 1. The molecule has 0 aromatic heterocycles. The number of hydrogen-bond acceptors (Lipinski definition) is 6. The third kappa shape index (κ3) is 2.29. The summed E-state index contributed by atoms with van der Waals surface area (Å²) < 4.78 is 5.35. The average Bonchev–Trinajstić information content (AvgIpc) is 3.15. The van der Waals surface area contributed by atoms with Gasteiger partial charge < -0.3 is 9.53 Å². The summed E-state index contributed by atoms with van der Waals surface area (Å²) in [6, 6.07) is 18.8. The molecule has 35 heavy (non-hydrogen) atoms. The van der Waals surface area contributed by atoms with Gasteiger partial charge in [-0.05, 0) is 28.3 Å². The monoisotopic (exact) mass is 468 g/mol. The highest BCUT2D eigenvalue weighted by Gasteiger charge is 2.72. The van der Waals surface area contributed by atoms with Gasteiger partial charge >= 0.3 is 0 Å². The molecule has 0 saturated carbocycles. The van der Waals surface area contributed by atoms with Crippen molar-refractivity contribution in [2.45, 2.75) is 17.8 Å². The van der Waals surface area contributed by atoms with Gasteiger partial charge in [0.25, 0.3) is 5.69 Å². The van der Waals surface area contributed by atoms with E-state index in [4.69, 9.17) is 4.74 Å². The van der Waals surface area contributed by atoms with Gasteiger partial charge in [0.1, 0.15) is 12.0 Å². The van der Waals surface area contributed by atoms with E-state index in [9.17, 15) is 24.5 Å². The zero-order valence-electron chi connectivity index (χ0n) is 18.9. The fraction of sp³-hybridized carbons (Fsp3) is 0.222. The molecule has 3 aliphatic carbocycles. The molecule has 0 unspecified atom stereocenters. The number of nitro groups is 1. The molecule has 1 fully saturated rings. The Bertz CT molecular complexity index is 1430. The summed E-state index contributed by atoms with van der Waals surface area (Å²) >= 11 is 0. The molecule has 8 heteroatoms. The van der Waals surface area contributed by atoms with Crippen molar-refractivity contribution in [3.63, 3.8) is 0 Å². The van der Waals surface area contributed by atoms with Crippen molar-refractivity contribution in [3.8, 4) is 5.75 Å². The van der Waals surface area contributed by atoms with Crippen molar-refractivity contribution in [2.24, 2.45) is 11.8 Å². The van der Waals surface area contributed by atoms with Crippen LogP contribution in [-0.4, -0.2) is 30.1 Å². The Kier molecular flexibility index (Phi) is 4.15. The summed E-state index contributed by atoms with van der Waals surface area (Å²) in [6.07, 6.45) is 0.808. The Morgan fingerprint density at radius 1 is 0.914 bits per heavy atom. The molecular formula is C27H20N2O6. The minimum absolute atomic E-state index is 0.0345. The second kappa shape index (κ2) is 6.85. The highest BCUT2D eigenvalue weighted by molar-refractivity contribution is 6.25. The lowest BCUT2D eigenvalue weighted by molar-refractivity contribution is -0.384. The Morgan fingerprint density at radius 3 is 1.97 bits per heavy atom. The van der Waals surface area contributed by atoms with E-state index in [1.54, 1.807) is 0 Å². The Labute approximate surface area is 200 Å². The normalized spacial score (nSPS) is 27.8. The summed E-state index contributed by atoms with van der Waals surface area (Å²) in [7, 11) is 1.32. The minimum Gasteiger partial charge on any atom is -0.494 e. The smallest absolute Gasteiger partial charge is 0.273 e. The van der Waals surface area contributed by atoms with Gasteiger partial charge in [-0.3, -0.25) is 19.7 Å². The number of carbonyl (C=O) groups is 3. The van der Waals surface area contributed by atoms with E-state index < -0.39 is 39.4 Å². The lowest BCUT2D eigenvalue weighted by Crippen LogP contribution is -2.61. The molecule has 0 radical (unpaired) electrons. The van der Waals surface area contributed by atoms with Gasteiger partial charge in [0.05, 0.1) is 41.0 Å². The van der Waals surface area contributed by atoms with Crippen molar-refractivity contribution in [3.05, 3.63) is 99.1 Å². The number of imide groups is 1. The van der Waals surface area contributed by atoms with Crippen LogP contribution in [-0.2, 0) is 25.2 Å². The molecule has 1 heterocycles. The SMILES string of the molecule is COc1cc([N+](=O)[O-])ccc1N1C(=O)[C@H]2[C@H](C1=O)C1(C=O)c3ccccc3C2(C)c2ccccc21. The van der Waals surface area contributed by atoms with Crippen molar-refractivity contribution < 1.29 is 24.0 Å². The molecule has 2 amide bonds. The standard InChI is InChI=1S/C27H20N2O6/c1-26-16-7-3-5-9-18(16)27(14-30,19-10-6-4-8-17(19)26)23-22(26)24(31)28(25(23)32)20-12-11-15(29(33)34)13-21(20)35-2/h3-14,22-23H,1-2H3/t22-,23-,26?,27?/m1/s1. The molecule has 2 atom stereocenters. The molecule has 0 N–H and O–H groups in total. The summed E-state index contributed by atoms with van der Waals surface area (Å²) in [4.78, 5) is 53.0. The van der Waals surface area contributed by atoms with Crippen LogP contribution < -0.4 is 9.64 Å². The Balaban J connectivity index is 1.64. The van der Waals surface area contributed by atoms with E-state index in [0.29, 0.717) is 0 Å². The highest BCUT2D eigenvalue weighted by Crippen LogP contribution is 2.66. The molecule has 0 spiro atoms. The second-order valence-electron chi connectivity index (χ2n) is 9.36. The van der Waals surface area contributed by atoms with E-state index in [2.05, 4.69) is 0 Å². The first-order valence-corrected chi connectivity index (χ1v) is 11.2. The number of rotatable bonds is 4. The van der Waals surface area contributed by atoms with E-state index >= 15 is 0 Å². The van der Waals surface area contributed by atoms with E-state index in [1.165, 1.54) is 25.3 Å².